The van der Waals surface area contributed by atoms with Crippen molar-refractivity contribution in [1.82, 2.24) is 9.97 Å². The Morgan fingerprint density at radius 3 is 2.89 bits per heavy atom. The molecule has 0 saturated carbocycles. The van der Waals surface area contributed by atoms with Gasteiger partial charge < -0.3 is 10.1 Å². The molecule has 2 rings (SSSR count). The summed E-state index contributed by atoms with van der Waals surface area (Å²) in [4.78, 5) is 8.20. The van der Waals surface area contributed by atoms with Gasteiger partial charge in [-0.2, -0.15) is 0 Å². The smallest absolute Gasteiger partial charge is 0.224 e. The molecular formula is C13H14BrN3O. The molecule has 2 aromatic rings. The molecule has 0 atom stereocenters. The fraction of sp³-hybridized carbons (Fsp3) is 0.231. The SMILES string of the molecule is CCNc1cc(Oc2cc(Br)ccc2C)ncn1. The molecule has 1 N–H and O–H groups in total. The summed E-state index contributed by atoms with van der Waals surface area (Å²) in [5.41, 5.74) is 1.06. The number of aryl methyl sites for hydroxylation is 1. The van der Waals surface area contributed by atoms with E-state index in [0.717, 1.165) is 28.1 Å². The van der Waals surface area contributed by atoms with Crippen LogP contribution in [0.1, 0.15) is 12.5 Å². The molecular weight excluding hydrogens is 294 g/mol. The standard InChI is InChI=1S/C13H14BrN3O/c1-3-15-12-7-13(17-8-16-12)18-11-6-10(14)5-4-9(11)2/h4-8H,3H2,1-2H3,(H,15,16,17). The van der Waals surface area contributed by atoms with Crippen LogP contribution in [0.25, 0.3) is 0 Å². The van der Waals surface area contributed by atoms with Crippen molar-refractivity contribution in [2.24, 2.45) is 0 Å². The first-order chi connectivity index (χ1) is 8.69. The van der Waals surface area contributed by atoms with E-state index in [1.165, 1.54) is 6.33 Å². The summed E-state index contributed by atoms with van der Waals surface area (Å²) in [7, 11) is 0. The molecule has 1 aromatic heterocycles. The van der Waals surface area contributed by atoms with Crippen molar-refractivity contribution in [1.29, 1.82) is 0 Å². The lowest BCUT2D eigenvalue weighted by Crippen LogP contribution is -2.00. The Morgan fingerprint density at radius 1 is 1.28 bits per heavy atom. The molecule has 1 aromatic carbocycles. The van der Waals surface area contributed by atoms with Crippen molar-refractivity contribution >= 4 is 21.7 Å². The maximum Gasteiger partial charge on any atom is 0.224 e. The van der Waals surface area contributed by atoms with E-state index in [0.29, 0.717) is 5.88 Å². The maximum absolute atomic E-state index is 5.76. The van der Waals surface area contributed by atoms with E-state index in [1.807, 2.05) is 32.0 Å². The maximum atomic E-state index is 5.76. The molecule has 0 unspecified atom stereocenters. The summed E-state index contributed by atoms with van der Waals surface area (Å²) >= 11 is 3.42. The van der Waals surface area contributed by atoms with Gasteiger partial charge in [0.15, 0.2) is 0 Å². The van der Waals surface area contributed by atoms with E-state index in [1.54, 1.807) is 6.07 Å². The highest BCUT2D eigenvalue weighted by Gasteiger charge is 2.04. The van der Waals surface area contributed by atoms with E-state index in [2.05, 4.69) is 31.2 Å². The van der Waals surface area contributed by atoms with Crippen LogP contribution >= 0.6 is 15.9 Å². The highest BCUT2D eigenvalue weighted by molar-refractivity contribution is 9.10. The van der Waals surface area contributed by atoms with Crippen LogP contribution in [0.4, 0.5) is 5.82 Å². The topological polar surface area (TPSA) is 47.0 Å². The van der Waals surface area contributed by atoms with E-state index in [-0.39, 0.29) is 0 Å². The predicted octanol–water partition coefficient (Wildman–Crippen LogP) is 3.77. The zero-order valence-corrected chi connectivity index (χ0v) is 11.9. The number of halogens is 1. The van der Waals surface area contributed by atoms with E-state index in [4.69, 9.17) is 4.74 Å². The lowest BCUT2D eigenvalue weighted by Gasteiger charge is -2.09. The number of benzene rings is 1. The third-order valence-electron chi connectivity index (χ3n) is 2.36. The Labute approximate surface area is 115 Å². The fourth-order valence-corrected chi connectivity index (χ4v) is 1.81. The van der Waals surface area contributed by atoms with Gasteiger partial charge >= 0.3 is 0 Å². The quantitative estimate of drug-likeness (QED) is 0.934. The van der Waals surface area contributed by atoms with Crippen molar-refractivity contribution in [2.75, 3.05) is 11.9 Å². The second-order valence-corrected chi connectivity index (χ2v) is 4.70. The van der Waals surface area contributed by atoms with E-state index in [9.17, 15) is 0 Å². The summed E-state index contributed by atoms with van der Waals surface area (Å²) < 4.78 is 6.73. The molecule has 0 saturated heterocycles. The third kappa shape index (κ3) is 3.20. The van der Waals surface area contributed by atoms with Crippen LogP contribution in [0.2, 0.25) is 0 Å². The Hall–Kier alpha value is -1.62. The van der Waals surface area contributed by atoms with Gasteiger partial charge in [0, 0.05) is 17.1 Å². The highest BCUT2D eigenvalue weighted by Crippen LogP contribution is 2.27. The van der Waals surface area contributed by atoms with Crippen molar-refractivity contribution < 1.29 is 4.74 Å². The molecule has 4 nitrogen and oxygen atoms in total. The van der Waals surface area contributed by atoms with Gasteiger partial charge in [0.25, 0.3) is 0 Å². The molecule has 0 spiro atoms. The van der Waals surface area contributed by atoms with Crippen LogP contribution in [0.15, 0.2) is 35.1 Å². The Bertz CT molecular complexity index is 546. The highest BCUT2D eigenvalue weighted by atomic mass is 79.9. The summed E-state index contributed by atoms with van der Waals surface area (Å²) in [6, 6.07) is 7.67. The van der Waals surface area contributed by atoms with Crippen LogP contribution in [-0.4, -0.2) is 16.5 Å². The van der Waals surface area contributed by atoms with Gasteiger partial charge in [-0.05, 0) is 31.5 Å². The number of hydrogen-bond acceptors (Lipinski definition) is 4. The van der Waals surface area contributed by atoms with Crippen LogP contribution in [0, 0.1) is 6.92 Å². The summed E-state index contributed by atoms with van der Waals surface area (Å²) in [6.07, 6.45) is 1.49. The Morgan fingerprint density at radius 2 is 2.11 bits per heavy atom. The van der Waals surface area contributed by atoms with Crippen LogP contribution in [0.3, 0.4) is 0 Å². The van der Waals surface area contributed by atoms with Crippen molar-refractivity contribution in [3.05, 3.63) is 40.6 Å². The number of aromatic nitrogens is 2. The minimum Gasteiger partial charge on any atom is -0.439 e. The summed E-state index contributed by atoms with van der Waals surface area (Å²) in [5, 5.41) is 3.12. The van der Waals surface area contributed by atoms with Gasteiger partial charge in [-0.15, -0.1) is 0 Å². The summed E-state index contributed by atoms with van der Waals surface area (Å²) in [5.74, 6) is 2.07. The van der Waals surface area contributed by atoms with Crippen LogP contribution < -0.4 is 10.1 Å². The first kappa shape index (κ1) is 12.8. The number of anilines is 1. The van der Waals surface area contributed by atoms with Crippen molar-refractivity contribution in [2.45, 2.75) is 13.8 Å². The van der Waals surface area contributed by atoms with E-state index < -0.39 is 0 Å². The molecule has 1 heterocycles. The molecule has 0 bridgehead atoms. The van der Waals surface area contributed by atoms with Crippen molar-refractivity contribution in [3.8, 4) is 11.6 Å². The number of hydrogen-bond donors (Lipinski definition) is 1. The van der Waals surface area contributed by atoms with Crippen LogP contribution in [0.5, 0.6) is 11.6 Å². The predicted molar refractivity (Wildman–Crippen MR) is 75.1 cm³/mol. The third-order valence-corrected chi connectivity index (χ3v) is 2.86. The first-order valence-corrected chi connectivity index (χ1v) is 6.48. The minimum atomic E-state index is 0.530. The minimum absolute atomic E-state index is 0.530. The monoisotopic (exact) mass is 307 g/mol. The lowest BCUT2D eigenvalue weighted by atomic mass is 10.2. The Balaban J connectivity index is 2.22. The second-order valence-electron chi connectivity index (χ2n) is 3.78. The Kier molecular flexibility index (Phi) is 4.15. The van der Waals surface area contributed by atoms with Gasteiger partial charge in [-0.1, -0.05) is 22.0 Å². The normalized spacial score (nSPS) is 10.2. The number of ether oxygens (including phenoxy) is 1. The molecule has 18 heavy (non-hydrogen) atoms. The number of nitrogens with zero attached hydrogens (tertiary/aromatic N) is 2. The van der Waals surface area contributed by atoms with Crippen LogP contribution in [-0.2, 0) is 0 Å². The number of rotatable bonds is 4. The lowest BCUT2D eigenvalue weighted by molar-refractivity contribution is 0.458. The zero-order valence-electron chi connectivity index (χ0n) is 10.3. The zero-order chi connectivity index (χ0) is 13.0. The number of nitrogens with one attached hydrogen (secondary N) is 1. The van der Waals surface area contributed by atoms with Gasteiger partial charge in [-0.25, -0.2) is 9.97 Å². The fourth-order valence-electron chi connectivity index (χ4n) is 1.47. The molecule has 0 aliphatic heterocycles. The molecule has 0 amide bonds. The van der Waals surface area contributed by atoms with E-state index >= 15 is 0 Å². The summed E-state index contributed by atoms with van der Waals surface area (Å²) in [6.45, 7) is 4.82. The molecule has 0 aliphatic carbocycles. The largest absolute Gasteiger partial charge is 0.439 e. The first-order valence-electron chi connectivity index (χ1n) is 5.69. The van der Waals surface area contributed by atoms with Gasteiger partial charge in [-0.3, -0.25) is 0 Å². The molecule has 0 fully saturated rings. The van der Waals surface area contributed by atoms with Crippen molar-refractivity contribution in [3.63, 3.8) is 0 Å². The average Bonchev–Trinajstić information content (AvgIpc) is 2.35. The molecule has 0 aliphatic rings. The molecule has 94 valence electrons. The van der Waals surface area contributed by atoms with Gasteiger partial charge in [0.1, 0.15) is 17.9 Å². The van der Waals surface area contributed by atoms with Gasteiger partial charge in [0.05, 0.1) is 0 Å². The van der Waals surface area contributed by atoms with Gasteiger partial charge in [0.2, 0.25) is 5.88 Å². The molecule has 0 radical (unpaired) electrons. The average molecular weight is 308 g/mol. The molecule has 5 heteroatoms. The second kappa shape index (κ2) is 5.82.